The van der Waals surface area contributed by atoms with Gasteiger partial charge in [0.15, 0.2) is 0 Å². The molecule has 0 saturated heterocycles. The zero-order chi connectivity index (χ0) is 10.3. The van der Waals surface area contributed by atoms with E-state index < -0.39 is 0 Å². The molecule has 0 aromatic carbocycles. The third-order valence-corrected chi connectivity index (χ3v) is 1.32. The quantitative estimate of drug-likeness (QED) is 0.477. The van der Waals surface area contributed by atoms with E-state index in [0.29, 0.717) is 11.7 Å². The van der Waals surface area contributed by atoms with Crippen molar-refractivity contribution in [2.75, 3.05) is 35.4 Å². The Morgan fingerprint density at radius 3 is 1.85 bits per heavy atom. The molecule has 0 heterocycles. The minimum atomic E-state index is 0.362. The van der Waals surface area contributed by atoms with Crippen LogP contribution in [0.1, 0.15) is 0 Å². The Hall–Kier alpha value is -1.32. The summed E-state index contributed by atoms with van der Waals surface area (Å²) in [5, 5.41) is 0. The number of hydrogen-bond acceptors (Lipinski definition) is 4. The Labute approximate surface area is 79.4 Å². The van der Waals surface area contributed by atoms with Crippen LogP contribution in [0.25, 0.3) is 0 Å². The molecule has 76 valence electrons. The van der Waals surface area contributed by atoms with Gasteiger partial charge in [0.05, 0.1) is 21.3 Å². The fraction of sp³-hybridized carbons (Fsp3) is 0.556. The van der Waals surface area contributed by atoms with Crippen molar-refractivity contribution in [2.45, 2.75) is 0 Å². The molecule has 0 aromatic heterocycles. The Kier molecular flexibility index (Phi) is 5.59. The molecule has 0 rings (SSSR count). The van der Waals surface area contributed by atoms with Crippen LogP contribution in [0.15, 0.2) is 24.0 Å². The van der Waals surface area contributed by atoms with E-state index in [2.05, 4.69) is 0 Å². The van der Waals surface area contributed by atoms with Gasteiger partial charge in [0.2, 0.25) is 5.76 Å². The molecule has 0 unspecified atom stereocenters. The van der Waals surface area contributed by atoms with Crippen LogP contribution in [-0.2, 0) is 14.2 Å². The summed E-state index contributed by atoms with van der Waals surface area (Å²) in [6, 6.07) is 0. The second-order valence-electron chi connectivity index (χ2n) is 2.54. The summed E-state index contributed by atoms with van der Waals surface area (Å²) in [5.74, 6) is 0.916. The maximum Gasteiger partial charge on any atom is 0.322 e. The van der Waals surface area contributed by atoms with Crippen molar-refractivity contribution in [1.29, 1.82) is 0 Å². The molecule has 4 heteroatoms. The average molecular weight is 187 g/mol. The van der Waals surface area contributed by atoms with Gasteiger partial charge in [-0.1, -0.05) is 0 Å². The summed E-state index contributed by atoms with van der Waals surface area (Å²) in [6.45, 7) is 0. The predicted octanol–water partition coefficient (Wildman–Crippen LogP) is 1.17. The Bertz CT molecular complexity index is 191. The molecule has 0 spiro atoms. The first kappa shape index (κ1) is 11.7. The summed E-state index contributed by atoms with van der Waals surface area (Å²) in [6.07, 6.45) is 3.61. The van der Waals surface area contributed by atoms with Crippen LogP contribution in [0.4, 0.5) is 0 Å². The fourth-order valence-electron chi connectivity index (χ4n) is 0.721. The second kappa shape index (κ2) is 6.22. The van der Waals surface area contributed by atoms with Gasteiger partial charge in [-0.3, -0.25) is 0 Å². The Morgan fingerprint density at radius 1 is 1.00 bits per heavy atom. The molecule has 0 atom stereocenters. The van der Waals surface area contributed by atoms with E-state index in [-0.39, 0.29) is 0 Å². The minimum Gasteiger partial charge on any atom is -0.490 e. The van der Waals surface area contributed by atoms with Gasteiger partial charge in [-0.15, -0.1) is 0 Å². The van der Waals surface area contributed by atoms with Gasteiger partial charge in [-0.05, 0) is 0 Å². The highest BCUT2D eigenvalue weighted by Gasteiger charge is 2.03. The molecule has 0 aliphatic heterocycles. The molecule has 0 bridgehead atoms. The third-order valence-electron chi connectivity index (χ3n) is 1.32. The molecule has 0 aliphatic rings. The molecular weight excluding hydrogens is 170 g/mol. The molecule has 0 amide bonds. The Balaban J connectivity index is 4.55. The molecule has 0 N–H and O–H groups in total. The zero-order valence-electron chi connectivity index (χ0n) is 8.83. The van der Waals surface area contributed by atoms with Crippen LogP contribution in [0.3, 0.4) is 0 Å². The van der Waals surface area contributed by atoms with Crippen molar-refractivity contribution in [3.63, 3.8) is 0 Å². The highest BCUT2D eigenvalue weighted by atomic mass is 16.7. The molecule has 0 fully saturated rings. The van der Waals surface area contributed by atoms with Crippen LogP contribution < -0.4 is 0 Å². The van der Waals surface area contributed by atoms with Gasteiger partial charge in [-0.25, -0.2) is 0 Å². The molecule has 0 aliphatic carbocycles. The van der Waals surface area contributed by atoms with Gasteiger partial charge < -0.3 is 19.1 Å². The number of allylic oxidation sites excluding steroid dienone is 1. The highest BCUT2D eigenvalue weighted by molar-refractivity contribution is 5.12. The van der Waals surface area contributed by atoms with E-state index in [1.165, 1.54) is 14.2 Å². The standard InChI is InChI=1S/C9H17NO3/c1-10(2)7-6-8(11-3)9(12-4)13-5/h6-7H,1-5H3. The van der Waals surface area contributed by atoms with Gasteiger partial charge in [0.1, 0.15) is 0 Å². The summed E-state index contributed by atoms with van der Waals surface area (Å²) < 4.78 is 15.0. The summed E-state index contributed by atoms with van der Waals surface area (Å²) >= 11 is 0. The monoisotopic (exact) mass is 187 g/mol. The topological polar surface area (TPSA) is 30.9 Å². The normalized spacial score (nSPS) is 9.62. The number of nitrogens with zero attached hydrogens (tertiary/aromatic N) is 1. The lowest BCUT2D eigenvalue weighted by atomic mass is 10.5. The van der Waals surface area contributed by atoms with E-state index in [9.17, 15) is 0 Å². The van der Waals surface area contributed by atoms with Crippen molar-refractivity contribution in [1.82, 2.24) is 4.90 Å². The average Bonchev–Trinajstić information content (AvgIpc) is 2.11. The van der Waals surface area contributed by atoms with Crippen LogP contribution >= 0.6 is 0 Å². The van der Waals surface area contributed by atoms with E-state index in [1.807, 2.05) is 25.2 Å². The number of ether oxygens (including phenoxy) is 3. The highest BCUT2D eigenvalue weighted by Crippen LogP contribution is 2.08. The third kappa shape index (κ3) is 4.30. The van der Waals surface area contributed by atoms with Crippen molar-refractivity contribution in [3.8, 4) is 0 Å². The van der Waals surface area contributed by atoms with Crippen LogP contribution in [-0.4, -0.2) is 40.3 Å². The lowest BCUT2D eigenvalue weighted by Gasteiger charge is -2.09. The summed E-state index contributed by atoms with van der Waals surface area (Å²) in [5.41, 5.74) is 0. The van der Waals surface area contributed by atoms with E-state index in [4.69, 9.17) is 14.2 Å². The first-order valence-corrected chi connectivity index (χ1v) is 3.86. The lowest BCUT2D eigenvalue weighted by molar-refractivity contribution is 0.0724. The fourth-order valence-corrected chi connectivity index (χ4v) is 0.721. The summed E-state index contributed by atoms with van der Waals surface area (Å²) in [4.78, 5) is 1.89. The van der Waals surface area contributed by atoms with E-state index >= 15 is 0 Å². The van der Waals surface area contributed by atoms with Crippen LogP contribution in [0.2, 0.25) is 0 Å². The summed E-state index contributed by atoms with van der Waals surface area (Å²) in [7, 11) is 8.46. The van der Waals surface area contributed by atoms with E-state index in [0.717, 1.165) is 0 Å². The molecule has 13 heavy (non-hydrogen) atoms. The van der Waals surface area contributed by atoms with Gasteiger partial charge in [0, 0.05) is 26.4 Å². The lowest BCUT2D eigenvalue weighted by Crippen LogP contribution is -2.02. The van der Waals surface area contributed by atoms with Crippen molar-refractivity contribution in [3.05, 3.63) is 24.0 Å². The predicted molar refractivity (Wildman–Crippen MR) is 50.9 cm³/mol. The number of methoxy groups -OCH3 is 3. The van der Waals surface area contributed by atoms with E-state index in [1.54, 1.807) is 13.2 Å². The largest absolute Gasteiger partial charge is 0.490 e. The SMILES string of the molecule is COC(C=CN(C)C)=C(OC)OC. The number of rotatable bonds is 5. The number of hydrogen-bond donors (Lipinski definition) is 0. The van der Waals surface area contributed by atoms with Gasteiger partial charge in [-0.2, -0.15) is 0 Å². The molecular formula is C9H17NO3. The first-order valence-electron chi connectivity index (χ1n) is 3.86. The Morgan fingerprint density at radius 2 is 1.54 bits per heavy atom. The molecule has 0 aromatic rings. The van der Waals surface area contributed by atoms with Crippen LogP contribution in [0, 0.1) is 0 Å². The van der Waals surface area contributed by atoms with Crippen molar-refractivity contribution >= 4 is 0 Å². The zero-order valence-corrected chi connectivity index (χ0v) is 8.83. The second-order valence-corrected chi connectivity index (χ2v) is 2.54. The van der Waals surface area contributed by atoms with Crippen LogP contribution in [0.5, 0.6) is 0 Å². The molecule has 4 nitrogen and oxygen atoms in total. The molecule has 0 saturated carbocycles. The minimum absolute atomic E-state index is 0.362. The van der Waals surface area contributed by atoms with Crippen molar-refractivity contribution in [2.24, 2.45) is 0 Å². The molecule has 0 radical (unpaired) electrons. The first-order chi connectivity index (χ1) is 6.15. The smallest absolute Gasteiger partial charge is 0.322 e. The maximum atomic E-state index is 5.06. The van der Waals surface area contributed by atoms with Gasteiger partial charge in [0.25, 0.3) is 0 Å². The van der Waals surface area contributed by atoms with Crippen molar-refractivity contribution < 1.29 is 14.2 Å². The van der Waals surface area contributed by atoms with Gasteiger partial charge >= 0.3 is 5.95 Å². The maximum absolute atomic E-state index is 5.06.